The van der Waals surface area contributed by atoms with E-state index in [1.807, 2.05) is 6.92 Å². The fraction of sp³-hybridized carbons (Fsp3) is 0.286. The molecule has 1 unspecified atom stereocenters. The molecule has 1 N–H and O–H groups in total. The van der Waals surface area contributed by atoms with Crippen molar-refractivity contribution >= 4 is 17.3 Å². The van der Waals surface area contributed by atoms with E-state index in [0.717, 1.165) is 6.54 Å². The van der Waals surface area contributed by atoms with Crippen molar-refractivity contribution < 1.29 is 9.34 Å². The van der Waals surface area contributed by atoms with Crippen LogP contribution in [0.3, 0.4) is 0 Å². The summed E-state index contributed by atoms with van der Waals surface area (Å²) in [6, 6.07) is 10.0. The summed E-state index contributed by atoms with van der Waals surface area (Å²) >= 11 is 5.79. The van der Waals surface area contributed by atoms with Crippen LogP contribution in [0.4, 0.5) is 5.69 Å². The molecule has 2 aromatic rings. The minimum Gasteiger partial charge on any atom is -0.448 e. The maximum atomic E-state index is 11.0. The third-order valence-corrected chi connectivity index (χ3v) is 3.20. The number of halogens is 1. The molecule has 0 spiro atoms. The van der Waals surface area contributed by atoms with E-state index >= 15 is 0 Å². The summed E-state index contributed by atoms with van der Waals surface area (Å²) in [5, 5.41) is 14.6. The van der Waals surface area contributed by atoms with Crippen molar-refractivity contribution in [3.05, 3.63) is 63.1 Å². The molecule has 0 saturated heterocycles. The number of rotatable bonds is 6. The lowest BCUT2D eigenvalue weighted by molar-refractivity contribution is -0.385. The standard InChI is InChI=1S/C14H15ClN2O3/c1-2-16-11(13-7-8-14(15)20-13)9-10-5-3-4-6-12(10)17(18)19/h3-8,11,16H,2,9H2,1H3. The molecule has 0 amide bonds. The van der Waals surface area contributed by atoms with E-state index in [0.29, 0.717) is 23.0 Å². The van der Waals surface area contributed by atoms with Gasteiger partial charge in [-0.2, -0.15) is 0 Å². The van der Waals surface area contributed by atoms with Crippen LogP contribution in [-0.2, 0) is 6.42 Å². The third kappa shape index (κ3) is 3.37. The molecule has 1 aromatic heterocycles. The van der Waals surface area contributed by atoms with Gasteiger partial charge in [-0.05, 0) is 30.3 Å². The number of benzene rings is 1. The highest BCUT2D eigenvalue weighted by atomic mass is 35.5. The van der Waals surface area contributed by atoms with Crippen LogP contribution in [0, 0.1) is 10.1 Å². The Morgan fingerprint density at radius 3 is 2.70 bits per heavy atom. The summed E-state index contributed by atoms with van der Waals surface area (Å²) in [6.45, 7) is 2.70. The second-order valence-electron chi connectivity index (χ2n) is 4.34. The van der Waals surface area contributed by atoms with Gasteiger partial charge in [0.2, 0.25) is 0 Å². The van der Waals surface area contributed by atoms with E-state index in [9.17, 15) is 10.1 Å². The monoisotopic (exact) mass is 294 g/mol. The number of likely N-dealkylation sites (N-methyl/N-ethyl adjacent to an activating group) is 1. The van der Waals surface area contributed by atoms with Gasteiger partial charge in [-0.3, -0.25) is 10.1 Å². The van der Waals surface area contributed by atoms with Gasteiger partial charge in [-0.15, -0.1) is 0 Å². The van der Waals surface area contributed by atoms with Crippen LogP contribution in [0.2, 0.25) is 5.22 Å². The van der Waals surface area contributed by atoms with E-state index in [-0.39, 0.29) is 16.7 Å². The number of hydrogen-bond donors (Lipinski definition) is 1. The second-order valence-corrected chi connectivity index (χ2v) is 4.71. The van der Waals surface area contributed by atoms with Gasteiger partial charge >= 0.3 is 0 Å². The Bertz CT molecular complexity index is 598. The lowest BCUT2D eigenvalue weighted by Gasteiger charge is -2.15. The first-order valence-corrected chi connectivity index (χ1v) is 6.70. The van der Waals surface area contributed by atoms with Crippen molar-refractivity contribution in [1.82, 2.24) is 5.32 Å². The molecule has 20 heavy (non-hydrogen) atoms. The van der Waals surface area contributed by atoms with Crippen LogP contribution in [0.1, 0.15) is 24.3 Å². The highest BCUT2D eigenvalue weighted by molar-refractivity contribution is 6.28. The van der Waals surface area contributed by atoms with Gasteiger partial charge in [0, 0.05) is 18.1 Å². The number of furan rings is 1. The van der Waals surface area contributed by atoms with Crippen LogP contribution in [0.5, 0.6) is 0 Å². The summed E-state index contributed by atoms with van der Waals surface area (Å²) in [5.41, 5.74) is 0.782. The maximum absolute atomic E-state index is 11.0. The fourth-order valence-corrected chi connectivity index (χ4v) is 2.27. The number of nitrogens with one attached hydrogen (secondary N) is 1. The molecular formula is C14H15ClN2O3. The highest BCUT2D eigenvalue weighted by Gasteiger charge is 2.20. The topological polar surface area (TPSA) is 68.3 Å². The van der Waals surface area contributed by atoms with E-state index < -0.39 is 0 Å². The summed E-state index contributed by atoms with van der Waals surface area (Å²) < 4.78 is 5.40. The average molecular weight is 295 g/mol. The SMILES string of the molecule is CCNC(Cc1ccccc1[N+](=O)[O-])c1ccc(Cl)o1. The smallest absolute Gasteiger partial charge is 0.272 e. The molecule has 0 bridgehead atoms. The summed E-state index contributed by atoms with van der Waals surface area (Å²) in [6.07, 6.45) is 0.467. The number of hydrogen-bond acceptors (Lipinski definition) is 4. The first kappa shape index (κ1) is 14.6. The Kier molecular flexibility index (Phi) is 4.76. The highest BCUT2D eigenvalue weighted by Crippen LogP contribution is 2.27. The Morgan fingerprint density at radius 1 is 1.35 bits per heavy atom. The van der Waals surface area contributed by atoms with Gasteiger partial charge in [-0.1, -0.05) is 25.1 Å². The van der Waals surface area contributed by atoms with E-state index in [1.165, 1.54) is 6.07 Å². The van der Waals surface area contributed by atoms with Gasteiger partial charge in [0.1, 0.15) is 5.76 Å². The second kappa shape index (κ2) is 6.54. The van der Waals surface area contributed by atoms with E-state index in [4.69, 9.17) is 16.0 Å². The van der Waals surface area contributed by atoms with Gasteiger partial charge < -0.3 is 9.73 Å². The molecule has 1 atom stereocenters. The molecule has 6 heteroatoms. The predicted octanol–water partition coefficient (Wildman–Crippen LogP) is 3.73. The Balaban J connectivity index is 2.27. The van der Waals surface area contributed by atoms with Crippen molar-refractivity contribution in [1.29, 1.82) is 0 Å². The van der Waals surface area contributed by atoms with Crippen LogP contribution >= 0.6 is 11.6 Å². The molecule has 0 aliphatic rings. The van der Waals surface area contributed by atoms with Crippen LogP contribution in [0.15, 0.2) is 40.8 Å². The predicted molar refractivity (Wildman–Crippen MR) is 76.9 cm³/mol. The first-order valence-electron chi connectivity index (χ1n) is 6.32. The lowest BCUT2D eigenvalue weighted by atomic mass is 10.0. The molecule has 5 nitrogen and oxygen atoms in total. The Hall–Kier alpha value is -1.85. The molecule has 0 saturated carbocycles. The average Bonchev–Trinajstić information content (AvgIpc) is 2.85. The number of nitrogens with zero attached hydrogens (tertiary/aromatic N) is 1. The number of para-hydroxylation sites is 1. The molecule has 2 rings (SSSR count). The zero-order valence-electron chi connectivity index (χ0n) is 11.0. The van der Waals surface area contributed by atoms with Gasteiger partial charge in [-0.25, -0.2) is 0 Å². The molecule has 1 aromatic carbocycles. The maximum Gasteiger partial charge on any atom is 0.272 e. The minimum absolute atomic E-state index is 0.119. The van der Waals surface area contributed by atoms with Crippen molar-refractivity contribution in [2.24, 2.45) is 0 Å². The van der Waals surface area contributed by atoms with E-state index in [1.54, 1.807) is 30.3 Å². The normalized spacial score (nSPS) is 12.3. The molecule has 0 aliphatic carbocycles. The van der Waals surface area contributed by atoms with Crippen LogP contribution in [-0.4, -0.2) is 11.5 Å². The summed E-state index contributed by atoms with van der Waals surface area (Å²) in [4.78, 5) is 10.7. The van der Waals surface area contributed by atoms with Crippen molar-refractivity contribution in [3.8, 4) is 0 Å². The van der Waals surface area contributed by atoms with Crippen LogP contribution < -0.4 is 5.32 Å². The Morgan fingerprint density at radius 2 is 2.10 bits per heavy atom. The minimum atomic E-state index is -0.368. The molecular weight excluding hydrogens is 280 g/mol. The quantitative estimate of drug-likeness (QED) is 0.651. The lowest BCUT2D eigenvalue weighted by Crippen LogP contribution is -2.22. The van der Waals surface area contributed by atoms with E-state index in [2.05, 4.69) is 5.32 Å². The number of nitro benzene ring substituents is 1. The molecule has 1 heterocycles. The van der Waals surface area contributed by atoms with Gasteiger partial charge in [0.25, 0.3) is 5.69 Å². The largest absolute Gasteiger partial charge is 0.448 e. The zero-order chi connectivity index (χ0) is 14.5. The van der Waals surface area contributed by atoms with Crippen LogP contribution in [0.25, 0.3) is 0 Å². The molecule has 0 radical (unpaired) electrons. The molecule has 0 fully saturated rings. The zero-order valence-corrected chi connectivity index (χ0v) is 11.8. The summed E-state index contributed by atoms with van der Waals surface area (Å²) in [5.74, 6) is 0.676. The number of nitro groups is 1. The summed E-state index contributed by atoms with van der Waals surface area (Å²) in [7, 11) is 0. The third-order valence-electron chi connectivity index (χ3n) is 3.00. The van der Waals surface area contributed by atoms with Gasteiger partial charge in [0.15, 0.2) is 5.22 Å². The molecule has 106 valence electrons. The Labute approximate surface area is 121 Å². The van der Waals surface area contributed by atoms with Crippen molar-refractivity contribution in [2.75, 3.05) is 6.54 Å². The van der Waals surface area contributed by atoms with Crippen molar-refractivity contribution in [2.45, 2.75) is 19.4 Å². The first-order chi connectivity index (χ1) is 9.61. The van der Waals surface area contributed by atoms with Gasteiger partial charge in [0.05, 0.1) is 11.0 Å². The molecule has 0 aliphatic heterocycles. The van der Waals surface area contributed by atoms with Crippen molar-refractivity contribution in [3.63, 3.8) is 0 Å². The fourth-order valence-electron chi connectivity index (χ4n) is 2.12.